The summed E-state index contributed by atoms with van der Waals surface area (Å²) in [7, 11) is 0. The third kappa shape index (κ3) is 12.0. The fraction of sp³-hybridized carbons (Fsp3) is 0.165. The predicted molar refractivity (Wildman–Crippen MR) is 431 cm³/mol. The molecule has 0 aliphatic heterocycles. The van der Waals surface area contributed by atoms with E-state index in [-0.39, 0.29) is 21.7 Å². The van der Waals surface area contributed by atoms with Gasteiger partial charge in [-0.05, 0) is 153 Å². The topological polar surface area (TPSA) is 56.7 Å². The second-order valence-electron chi connectivity index (χ2n) is 31.6. The second kappa shape index (κ2) is 25.3. The summed E-state index contributed by atoms with van der Waals surface area (Å²) in [5.74, 6) is 1.84. The Hall–Kier alpha value is -11.5. The SMILES string of the molecule is CC(C)(C)c1ccc(-c2c(-c3ccc(-c4nc(-c5ccccc5)nc(-c5ccccc5)n4)cc3)c(-c3ccc(-n4c5ccccc5c5cc(-c6cccc7c6oc6ccccc67)ccc54)cc3)c(-c3ccc(C(C)(C)C)cc3)c(-c3ccc(C(C)(C)C)cc3)c2-c2ccc(C(C)(C)C)cc2)cc1. The lowest BCUT2D eigenvalue weighted by atomic mass is 9.73. The van der Waals surface area contributed by atoms with Crippen LogP contribution in [0.5, 0.6) is 0 Å². The molecule has 13 aromatic carbocycles. The largest absolute Gasteiger partial charge is 0.455 e. The van der Waals surface area contributed by atoms with Crippen LogP contribution in [-0.2, 0) is 21.7 Å². The predicted octanol–water partition coefficient (Wildman–Crippen LogP) is 26.7. The average molecular weight is 1320 g/mol. The first kappa shape index (κ1) is 65.1. The molecule has 5 nitrogen and oxygen atoms in total. The van der Waals surface area contributed by atoms with Crippen molar-refractivity contribution in [3.8, 4) is 118 Å². The molecule has 0 atom stereocenters. The van der Waals surface area contributed by atoms with Gasteiger partial charge in [-0.3, -0.25) is 0 Å². The zero-order valence-electron chi connectivity index (χ0n) is 60.4. The van der Waals surface area contributed by atoms with Crippen molar-refractivity contribution in [1.82, 2.24) is 19.5 Å². The van der Waals surface area contributed by atoms with E-state index in [1.807, 2.05) is 42.5 Å². The normalized spacial score (nSPS) is 12.3. The van der Waals surface area contributed by atoms with Gasteiger partial charge in [-0.25, -0.2) is 15.0 Å². The molecule has 0 bridgehead atoms. The lowest BCUT2D eigenvalue weighted by Gasteiger charge is -2.30. The number of nitrogens with zero attached hydrogens (tertiary/aromatic N) is 4. The maximum atomic E-state index is 6.64. The Bertz CT molecular complexity index is 5760. The van der Waals surface area contributed by atoms with Gasteiger partial charge in [-0.15, -0.1) is 0 Å². The minimum atomic E-state index is -0.0860. The van der Waals surface area contributed by atoms with Gasteiger partial charge in [0.2, 0.25) is 0 Å². The summed E-state index contributed by atoms with van der Waals surface area (Å²) < 4.78 is 9.08. The smallest absolute Gasteiger partial charge is 0.164 e. The standard InChI is InChI=1S/C97H84N4O/c1-94(2,3)71-49-38-62(39-50-71)85-84(61-34-36-69(37-35-61)93-99-91(67-24-15-13-16-25-67)98-92(100-93)68-26-17-14-18-27-68)89(88(65-44-55-74(56-45-65)97(10,11)12)87(64-42-53-73(54-43-64)96(7,8)9)86(85)63-40-51-72(52-41-63)95(4,5)6)66-46-57-75(58-47-66)101-81-32-21-19-28-77(81)80-60-70(48-59-82(80)101)76-30-23-31-79-78-29-20-22-33-83(78)102-90(76)79/h13-60H,1-12H3. The van der Waals surface area contributed by atoms with Crippen molar-refractivity contribution in [2.45, 2.75) is 105 Å². The highest BCUT2D eigenvalue weighted by atomic mass is 16.3. The number of fused-ring (bicyclic) bond motifs is 6. The van der Waals surface area contributed by atoms with Gasteiger partial charge >= 0.3 is 0 Å². The third-order valence-corrected chi connectivity index (χ3v) is 20.6. The third-order valence-electron chi connectivity index (χ3n) is 20.6. The molecule has 0 fully saturated rings. The van der Waals surface area contributed by atoms with E-state index in [0.29, 0.717) is 17.5 Å². The quantitative estimate of drug-likeness (QED) is 0.129. The van der Waals surface area contributed by atoms with E-state index in [4.69, 9.17) is 19.4 Å². The molecule has 498 valence electrons. The number of benzene rings is 13. The van der Waals surface area contributed by atoms with Gasteiger partial charge in [0.25, 0.3) is 0 Å². The first-order valence-electron chi connectivity index (χ1n) is 35.8. The Morgan fingerprint density at radius 1 is 0.245 bits per heavy atom. The minimum absolute atomic E-state index is 0.0745. The lowest BCUT2D eigenvalue weighted by Crippen LogP contribution is -2.11. The van der Waals surface area contributed by atoms with Gasteiger partial charge in [0.05, 0.1) is 11.0 Å². The molecule has 0 radical (unpaired) electrons. The molecule has 16 rings (SSSR count). The fourth-order valence-corrected chi connectivity index (χ4v) is 14.9. The zero-order valence-corrected chi connectivity index (χ0v) is 60.4. The van der Waals surface area contributed by atoms with Crippen LogP contribution in [0.3, 0.4) is 0 Å². The van der Waals surface area contributed by atoms with E-state index >= 15 is 0 Å². The van der Waals surface area contributed by atoms with Crippen LogP contribution in [0.4, 0.5) is 0 Å². The monoisotopic (exact) mass is 1320 g/mol. The van der Waals surface area contributed by atoms with Gasteiger partial charge < -0.3 is 8.98 Å². The fourth-order valence-electron chi connectivity index (χ4n) is 14.9. The van der Waals surface area contributed by atoms with Crippen LogP contribution >= 0.6 is 0 Å². The molecular formula is C97H84N4O. The molecule has 5 heteroatoms. The molecule has 0 spiro atoms. The first-order chi connectivity index (χ1) is 49.1. The minimum Gasteiger partial charge on any atom is -0.455 e. The Kier molecular flexibility index (Phi) is 16.1. The van der Waals surface area contributed by atoms with Crippen molar-refractivity contribution in [1.29, 1.82) is 0 Å². The second-order valence-corrected chi connectivity index (χ2v) is 31.6. The number of rotatable bonds is 11. The molecule has 0 N–H and O–H groups in total. The molecule has 3 aromatic heterocycles. The molecule has 0 saturated carbocycles. The Balaban J connectivity index is 0.998. The maximum Gasteiger partial charge on any atom is 0.164 e. The zero-order chi connectivity index (χ0) is 70.4. The Morgan fingerprint density at radius 2 is 0.559 bits per heavy atom. The summed E-state index contributed by atoms with van der Waals surface area (Å²) in [6, 6.07) is 107. The molecule has 0 amide bonds. The van der Waals surface area contributed by atoms with Crippen molar-refractivity contribution in [2.24, 2.45) is 0 Å². The van der Waals surface area contributed by atoms with Crippen LogP contribution in [0.25, 0.3) is 161 Å². The highest BCUT2D eigenvalue weighted by Gasteiger charge is 2.32. The number of aromatic nitrogens is 4. The number of hydrogen-bond acceptors (Lipinski definition) is 4. The van der Waals surface area contributed by atoms with Crippen molar-refractivity contribution >= 4 is 43.7 Å². The van der Waals surface area contributed by atoms with Crippen LogP contribution in [0, 0.1) is 0 Å². The van der Waals surface area contributed by atoms with E-state index in [1.54, 1.807) is 0 Å². The molecule has 102 heavy (non-hydrogen) atoms. The van der Waals surface area contributed by atoms with Crippen molar-refractivity contribution in [3.05, 3.63) is 313 Å². The van der Waals surface area contributed by atoms with E-state index in [9.17, 15) is 0 Å². The van der Waals surface area contributed by atoms with Gasteiger partial charge in [0.1, 0.15) is 11.2 Å². The lowest BCUT2D eigenvalue weighted by molar-refractivity contribution is 0.590. The number of hydrogen-bond donors (Lipinski definition) is 0. The van der Waals surface area contributed by atoms with Crippen LogP contribution in [-0.4, -0.2) is 19.5 Å². The van der Waals surface area contributed by atoms with Crippen LogP contribution in [0.15, 0.2) is 296 Å². The number of para-hydroxylation sites is 3. The average Bonchev–Trinajstić information content (AvgIpc) is 0.885. The molecule has 3 heterocycles. The summed E-state index contributed by atoms with van der Waals surface area (Å²) in [5.41, 5.74) is 28.3. The van der Waals surface area contributed by atoms with Crippen molar-refractivity contribution < 1.29 is 4.42 Å². The maximum absolute atomic E-state index is 6.64. The van der Waals surface area contributed by atoms with E-state index in [1.165, 1.54) is 38.6 Å². The van der Waals surface area contributed by atoms with Crippen LogP contribution < -0.4 is 0 Å². The summed E-state index contributed by atoms with van der Waals surface area (Å²) in [5, 5.41) is 4.59. The molecule has 0 unspecified atom stereocenters. The Morgan fingerprint density at radius 3 is 0.971 bits per heavy atom. The molecule has 0 aliphatic rings. The number of furan rings is 1. The summed E-state index contributed by atoms with van der Waals surface area (Å²) in [4.78, 5) is 15.6. The van der Waals surface area contributed by atoms with E-state index in [2.05, 4.69) is 336 Å². The molecule has 0 saturated heterocycles. The highest BCUT2D eigenvalue weighted by molar-refractivity contribution is 6.16. The van der Waals surface area contributed by atoms with E-state index in [0.717, 1.165) is 128 Å². The first-order valence-corrected chi connectivity index (χ1v) is 35.8. The van der Waals surface area contributed by atoms with Crippen molar-refractivity contribution in [2.75, 3.05) is 0 Å². The van der Waals surface area contributed by atoms with Gasteiger partial charge in [-0.2, -0.15) is 0 Å². The molecule has 0 aliphatic carbocycles. The van der Waals surface area contributed by atoms with Gasteiger partial charge in [-0.1, -0.05) is 338 Å². The van der Waals surface area contributed by atoms with E-state index < -0.39 is 0 Å². The Labute approximate surface area is 599 Å². The summed E-state index contributed by atoms with van der Waals surface area (Å²) in [6.07, 6.45) is 0. The van der Waals surface area contributed by atoms with Gasteiger partial charge in [0.15, 0.2) is 17.5 Å². The van der Waals surface area contributed by atoms with Crippen LogP contribution in [0.1, 0.15) is 105 Å². The van der Waals surface area contributed by atoms with Crippen molar-refractivity contribution in [3.63, 3.8) is 0 Å². The van der Waals surface area contributed by atoms with Gasteiger partial charge in [0, 0.05) is 49.5 Å². The van der Waals surface area contributed by atoms with Crippen LogP contribution in [0.2, 0.25) is 0 Å². The summed E-state index contributed by atoms with van der Waals surface area (Å²) >= 11 is 0. The molecular weight excluding hydrogens is 1240 g/mol. The highest BCUT2D eigenvalue weighted by Crippen LogP contribution is 2.57. The summed E-state index contributed by atoms with van der Waals surface area (Å²) in [6.45, 7) is 27.6. The molecule has 16 aromatic rings.